The molecule has 0 spiro atoms. The van der Waals surface area contributed by atoms with E-state index in [0.29, 0.717) is 0 Å². The van der Waals surface area contributed by atoms with Crippen molar-refractivity contribution in [3.05, 3.63) is 77.7 Å². The monoisotopic (exact) mass is 240 g/mol. The summed E-state index contributed by atoms with van der Waals surface area (Å²) >= 11 is 0. The van der Waals surface area contributed by atoms with E-state index >= 15 is 0 Å². The van der Waals surface area contributed by atoms with E-state index in [1.54, 1.807) is 0 Å². The summed E-state index contributed by atoms with van der Waals surface area (Å²) in [7, 11) is 0. The molecule has 0 amide bonds. The fraction of sp³-hybridized carbons (Fsp3) is 0.0714. The first-order chi connectivity index (χ1) is 6.88. The van der Waals surface area contributed by atoms with E-state index in [2.05, 4.69) is 55.5 Å². The minimum Gasteiger partial charge on any atom is -1.00 e. The van der Waals surface area contributed by atoms with Crippen molar-refractivity contribution in [3.8, 4) is 0 Å². The third kappa shape index (κ3) is 3.74. The molecule has 2 aromatic carbocycles. The number of rotatable bonds is 2. The van der Waals surface area contributed by atoms with Gasteiger partial charge in [0, 0.05) is 0 Å². The SMILES string of the molecule is C[C-](c1ccccc1)c1ccccc1.[Cl-].[Mg+2]. The molecular weight excluding hydrogens is 228 g/mol. The average molecular weight is 241 g/mol. The van der Waals surface area contributed by atoms with Crippen molar-refractivity contribution >= 4 is 23.1 Å². The molecule has 0 bridgehead atoms. The smallest absolute Gasteiger partial charge is 1.00 e. The van der Waals surface area contributed by atoms with Crippen LogP contribution in [0.25, 0.3) is 0 Å². The van der Waals surface area contributed by atoms with Crippen molar-refractivity contribution < 1.29 is 12.4 Å². The first kappa shape index (κ1) is 15.4. The molecule has 0 saturated carbocycles. The van der Waals surface area contributed by atoms with Crippen molar-refractivity contribution in [2.24, 2.45) is 0 Å². The number of benzene rings is 2. The van der Waals surface area contributed by atoms with Gasteiger partial charge in [0.05, 0.1) is 0 Å². The molecule has 0 atom stereocenters. The van der Waals surface area contributed by atoms with Gasteiger partial charge in [-0.25, -0.2) is 0 Å². The second-order valence-electron chi connectivity index (χ2n) is 3.36. The molecule has 2 aromatic rings. The number of hydrogen-bond acceptors (Lipinski definition) is 0. The first-order valence-electron chi connectivity index (χ1n) is 4.82. The molecule has 2 heteroatoms. The van der Waals surface area contributed by atoms with E-state index in [1.807, 2.05) is 12.1 Å². The molecule has 16 heavy (non-hydrogen) atoms. The molecule has 0 fully saturated rings. The van der Waals surface area contributed by atoms with Crippen LogP contribution in [-0.2, 0) is 0 Å². The minimum absolute atomic E-state index is 0. The summed E-state index contributed by atoms with van der Waals surface area (Å²) in [6.45, 7) is 2.16. The molecule has 0 heterocycles. The van der Waals surface area contributed by atoms with Gasteiger partial charge < -0.3 is 12.4 Å². The van der Waals surface area contributed by atoms with Crippen LogP contribution in [0.2, 0.25) is 0 Å². The summed E-state index contributed by atoms with van der Waals surface area (Å²) < 4.78 is 0. The second-order valence-corrected chi connectivity index (χ2v) is 3.36. The van der Waals surface area contributed by atoms with Gasteiger partial charge in [-0.15, -0.1) is 41.3 Å². The Kier molecular flexibility index (Phi) is 7.31. The average Bonchev–Trinajstić information content (AvgIpc) is 2.30. The molecule has 0 N–H and O–H groups in total. The molecule has 0 saturated heterocycles. The van der Waals surface area contributed by atoms with Crippen LogP contribution in [0.15, 0.2) is 60.7 Å². The van der Waals surface area contributed by atoms with Crippen LogP contribution in [0, 0.1) is 5.92 Å². The zero-order chi connectivity index (χ0) is 9.80. The molecule has 0 radical (unpaired) electrons. The van der Waals surface area contributed by atoms with Gasteiger partial charge in [-0.1, -0.05) is 43.3 Å². The van der Waals surface area contributed by atoms with Crippen LogP contribution in [0.4, 0.5) is 0 Å². The molecule has 0 nitrogen and oxygen atoms in total. The molecule has 0 aliphatic heterocycles. The summed E-state index contributed by atoms with van der Waals surface area (Å²) in [5.41, 5.74) is 2.58. The summed E-state index contributed by atoms with van der Waals surface area (Å²) in [6.07, 6.45) is 0. The van der Waals surface area contributed by atoms with Crippen LogP contribution < -0.4 is 12.4 Å². The number of hydrogen-bond donors (Lipinski definition) is 0. The largest absolute Gasteiger partial charge is 2.00 e. The van der Waals surface area contributed by atoms with Crippen molar-refractivity contribution in [2.45, 2.75) is 6.92 Å². The summed E-state index contributed by atoms with van der Waals surface area (Å²) in [6, 6.07) is 20.9. The maximum Gasteiger partial charge on any atom is 2.00 e. The van der Waals surface area contributed by atoms with E-state index in [9.17, 15) is 0 Å². The third-order valence-electron chi connectivity index (χ3n) is 2.41. The number of halogens is 1. The maximum absolute atomic E-state index is 2.16. The van der Waals surface area contributed by atoms with E-state index in [4.69, 9.17) is 0 Å². The minimum atomic E-state index is 0. The van der Waals surface area contributed by atoms with E-state index in [1.165, 1.54) is 17.0 Å². The van der Waals surface area contributed by atoms with E-state index in [-0.39, 0.29) is 35.5 Å². The van der Waals surface area contributed by atoms with Gasteiger partial charge in [0.15, 0.2) is 0 Å². The summed E-state index contributed by atoms with van der Waals surface area (Å²) in [5, 5.41) is 0. The zero-order valence-corrected chi connectivity index (χ0v) is 11.5. The Labute approximate surface area is 120 Å². The van der Waals surface area contributed by atoms with Gasteiger partial charge in [-0.05, 0) is 0 Å². The third-order valence-corrected chi connectivity index (χ3v) is 2.41. The van der Waals surface area contributed by atoms with Crippen molar-refractivity contribution in [2.75, 3.05) is 0 Å². The van der Waals surface area contributed by atoms with Gasteiger partial charge >= 0.3 is 23.1 Å². The molecule has 0 aromatic heterocycles. The second kappa shape index (κ2) is 7.61. The first-order valence-corrected chi connectivity index (χ1v) is 4.82. The normalized spacial score (nSPS) is 8.56. The zero-order valence-electron chi connectivity index (χ0n) is 9.36. The maximum atomic E-state index is 2.16. The van der Waals surface area contributed by atoms with Crippen molar-refractivity contribution in [1.82, 2.24) is 0 Å². The van der Waals surface area contributed by atoms with Crippen molar-refractivity contribution in [3.63, 3.8) is 0 Å². The van der Waals surface area contributed by atoms with E-state index < -0.39 is 0 Å². The molecule has 0 unspecified atom stereocenters. The molecule has 0 aliphatic carbocycles. The Morgan fingerprint density at radius 1 is 0.688 bits per heavy atom. The van der Waals surface area contributed by atoms with Gasteiger partial charge in [-0.2, -0.15) is 0 Å². The van der Waals surface area contributed by atoms with Crippen LogP contribution >= 0.6 is 0 Å². The predicted molar refractivity (Wildman–Crippen MR) is 65.8 cm³/mol. The fourth-order valence-electron chi connectivity index (χ4n) is 1.54. The predicted octanol–water partition coefficient (Wildman–Crippen LogP) is 0.301. The molecule has 78 valence electrons. The van der Waals surface area contributed by atoms with Gasteiger partial charge in [-0.3, -0.25) is 0 Å². The van der Waals surface area contributed by atoms with Crippen LogP contribution in [0.1, 0.15) is 18.1 Å². The molecular formula is C14H13ClMg. The summed E-state index contributed by atoms with van der Waals surface area (Å²) in [5.74, 6) is 1.33. The van der Waals surface area contributed by atoms with Gasteiger partial charge in [0.1, 0.15) is 0 Å². The Hall–Kier alpha value is -0.634. The van der Waals surface area contributed by atoms with Crippen LogP contribution in [-0.4, -0.2) is 23.1 Å². The van der Waals surface area contributed by atoms with Gasteiger partial charge in [0.25, 0.3) is 0 Å². The quantitative estimate of drug-likeness (QED) is 0.524. The summed E-state index contributed by atoms with van der Waals surface area (Å²) in [4.78, 5) is 0. The Balaban J connectivity index is 0.00000112. The standard InChI is InChI=1S/C14H13.ClH.Mg/c1-12(13-8-4-2-5-9-13)14-10-6-3-7-11-14;;/h2-11H,1H3;1H;/q-1;;+2/p-1. The Morgan fingerprint density at radius 3 is 1.31 bits per heavy atom. The molecule has 2 rings (SSSR count). The Bertz CT molecular complexity index is 346. The Morgan fingerprint density at radius 2 is 1.00 bits per heavy atom. The van der Waals surface area contributed by atoms with Gasteiger partial charge in [0.2, 0.25) is 0 Å². The van der Waals surface area contributed by atoms with Crippen LogP contribution in [0.5, 0.6) is 0 Å². The van der Waals surface area contributed by atoms with Crippen molar-refractivity contribution in [1.29, 1.82) is 0 Å². The van der Waals surface area contributed by atoms with Crippen LogP contribution in [0.3, 0.4) is 0 Å². The fourth-order valence-corrected chi connectivity index (χ4v) is 1.54. The van der Waals surface area contributed by atoms with E-state index in [0.717, 1.165) is 0 Å². The molecule has 0 aliphatic rings. The topological polar surface area (TPSA) is 0 Å².